The second kappa shape index (κ2) is 9.34. The van der Waals surface area contributed by atoms with Crippen LogP contribution in [0.1, 0.15) is 26.6 Å². The van der Waals surface area contributed by atoms with Gasteiger partial charge < -0.3 is 14.5 Å². The fourth-order valence-corrected chi connectivity index (χ4v) is 3.55. The molecule has 0 aliphatic heterocycles. The standard InChI is InChI=1S/C21H22N2O4S/c1-15-7-8-16(21(25)26-2)11-19(15)22-20(24)14-23(12-17-5-3-9-27-17)13-18-6-4-10-28-18/h3-11H,12-14H2,1-2H3,(H,22,24). The average Bonchev–Trinajstić information content (AvgIpc) is 3.37. The molecule has 2 aromatic heterocycles. The summed E-state index contributed by atoms with van der Waals surface area (Å²) in [5, 5.41) is 4.92. The first-order valence-corrected chi connectivity index (χ1v) is 9.69. The Bertz CT molecular complexity index is 884. The number of rotatable bonds is 8. The minimum absolute atomic E-state index is 0.159. The van der Waals surface area contributed by atoms with Gasteiger partial charge in [-0.05, 0) is 48.2 Å². The van der Waals surface area contributed by atoms with E-state index in [2.05, 4.69) is 5.32 Å². The van der Waals surface area contributed by atoms with Gasteiger partial charge in [0.25, 0.3) is 0 Å². The number of benzene rings is 1. The average molecular weight is 398 g/mol. The Morgan fingerprint density at radius 2 is 2.04 bits per heavy atom. The highest BCUT2D eigenvalue weighted by atomic mass is 32.1. The number of hydrogen-bond acceptors (Lipinski definition) is 6. The molecule has 1 amide bonds. The zero-order valence-electron chi connectivity index (χ0n) is 15.8. The van der Waals surface area contributed by atoms with E-state index in [0.29, 0.717) is 24.3 Å². The second-order valence-electron chi connectivity index (χ2n) is 6.37. The van der Waals surface area contributed by atoms with E-state index >= 15 is 0 Å². The van der Waals surface area contributed by atoms with Crippen molar-refractivity contribution in [1.82, 2.24) is 4.90 Å². The quantitative estimate of drug-likeness (QED) is 0.579. The Kier molecular flexibility index (Phi) is 6.62. The van der Waals surface area contributed by atoms with E-state index in [9.17, 15) is 9.59 Å². The molecule has 3 aromatic rings. The van der Waals surface area contributed by atoms with Crippen LogP contribution in [0.2, 0.25) is 0 Å². The molecule has 28 heavy (non-hydrogen) atoms. The van der Waals surface area contributed by atoms with Gasteiger partial charge in [0.2, 0.25) is 5.91 Å². The van der Waals surface area contributed by atoms with Crippen LogP contribution >= 0.6 is 11.3 Å². The molecule has 0 bridgehead atoms. The Morgan fingerprint density at radius 1 is 1.18 bits per heavy atom. The van der Waals surface area contributed by atoms with Gasteiger partial charge in [-0.2, -0.15) is 0 Å². The van der Waals surface area contributed by atoms with E-state index in [0.717, 1.165) is 11.3 Å². The maximum Gasteiger partial charge on any atom is 0.337 e. The summed E-state index contributed by atoms with van der Waals surface area (Å²) < 4.78 is 10.2. The summed E-state index contributed by atoms with van der Waals surface area (Å²) in [5.74, 6) is 0.203. The van der Waals surface area contributed by atoms with Crippen LogP contribution in [0.5, 0.6) is 0 Å². The zero-order valence-corrected chi connectivity index (χ0v) is 16.6. The number of furan rings is 1. The molecular formula is C21H22N2O4S. The molecule has 0 saturated carbocycles. The summed E-state index contributed by atoms with van der Waals surface area (Å²) in [4.78, 5) is 27.6. The van der Waals surface area contributed by atoms with Crippen LogP contribution in [0.4, 0.5) is 5.69 Å². The molecule has 0 radical (unpaired) electrons. The third-order valence-corrected chi connectivity index (χ3v) is 5.08. The SMILES string of the molecule is COC(=O)c1ccc(C)c(NC(=O)CN(Cc2ccco2)Cc2cccs2)c1. The van der Waals surface area contributed by atoms with Crippen LogP contribution in [0.25, 0.3) is 0 Å². The van der Waals surface area contributed by atoms with Gasteiger partial charge in [0.1, 0.15) is 5.76 Å². The van der Waals surface area contributed by atoms with Crippen LogP contribution in [0, 0.1) is 6.92 Å². The lowest BCUT2D eigenvalue weighted by molar-refractivity contribution is -0.117. The highest BCUT2D eigenvalue weighted by molar-refractivity contribution is 7.09. The predicted octanol–water partition coefficient (Wildman–Crippen LogP) is 4.08. The number of nitrogens with one attached hydrogen (secondary N) is 1. The van der Waals surface area contributed by atoms with E-state index in [-0.39, 0.29) is 12.5 Å². The lowest BCUT2D eigenvalue weighted by Crippen LogP contribution is -2.32. The van der Waals surface area contributed by atoms with Crippen LogP contribution in [0.15, 0.2) is 58.5 Å². The Labute approximate surface area is 167 Å². The van der Waals surface area contributed by atoms with Gasteiger partial charge in [0.15, 0.2) is 0 Å². The van der Waals surface area contributed by atoms with Gasteiger partial charge in [0.05, 0.1) is 32.0 Å². The minimum Gasteiger partial charge on any atom is -0.468 e. The number of carbonyl (C=O) groups excluding carboxylic acids is 2. The van der Waals surface area contributed by atoms with Gasteiger partial charge in [0, 0.05) is 17.1 Å². The van der Waals surface area contributed by atoms with E-state index in [4.69, 9.17) is 9.15 Å². The van der Waals surface area contributed by atoms with E-state index in [1.165, 1.54) is 12.0 Å². The van der Waals surface area contributed by atoms with Crippen LogP contribution in [-0.2, 0) is 22.6 Å². The number of carbonyl (C=O) groups is 2. The molecule has 6 nitrogen and oxygen atoms in total. The van der Waals surface area contributed by atoms with Crippen LogP contribution < -0.4 is 5.32 Å². The molecule has 3 rings (SSSR count). The summed E-state index contributed by atoms with van der Waals surface area (Å²) in [6.45, 7) is 3.25. The molecule has 0 atom stereocenters. The normalized spacial score (nSPS) is 10.8. The molecule has 0 fully saturated rings. The Hall–Kier alpha value is -2.90. The second-order valence-corrected chi connectivity index (χ2v) is 7.41. The van der Waals surface area contributed by atoms with Crippen molar-refractivity contribution in [3.8, 4) is 0 Å². The lowest BCUT2D eigenvalue weighted by atomic mass is 10.1. The van der Waals surface area contributed by atoms with Crippen molar-refractivity contribution in [2.45, 2.75) is 20.0 Å². The molecule has 0 aliphatic rings. The first-order chi connectivity index (χ1) is 13.5. The van der Waals surface area contributed by atoms with Crippen molar-refractivity contribution >= 4 is 28.9 Å². The van der Waals surface area contributed by atoms with E-state index in [1.54, 1.807) is 35.8 Å². The first kappa shape index (κ1) is 19.9. The summed E-state index contributed by atoms with van der Waals surface area (Å²) in [6, 6.07) is 12.9. The first-order valence-electron chi connectivity index (χ1n) is 8.81. The number of ether oxygens (including phenoxy) is 1. The number of hydrogen-bond donors (Lipinski definition) is 1. The molecule has 1 N–H and O–H groups in total. The molecule has 0 saturated heterocycles. The van der Waals surface area contributed by atoms with Crippen LogP contribution in [0.3, 0.4) is 0 Å². The highest BCUT2D eigenvalue weighted by Gasteiger charge is 2.16. The van der Waals surface area contributed by atoms with E-state index in [1.807, 2.05) is 41.5 Å². The number of anilines is 1. The zero-order chi connectivity index (χ0) is 19.9. The van der Waals surface area contributed by atoms with Crippen molar-refractivity contribution in [1.29, 1.82) is 0 Å². The lowest BCUT2D eigenvalue weighted by Gasteiger charge is -2.20. The molecule has 0 spiro atoms. The Morgan fingerprint density at radius 3 is 2.71 bits per heavy atom. The molecule has 146 valence electrons. The highest BCUT2D eigenvalue weighted by Crippen LogP contribution is 2.19. The molecule has 0 unspecified atom stereocenters. The van der Waals surface area contributed by atoms with Gasteiger partial charge >= 0.3 is 5.97 Å². The summed E-state index contributed by atoms with van der Waals surface area (Å²) in [7, 11) is 1.33. The van der Waals surface area contributed by atoms with Gasteiger partial charge in [-0.3, -0.25) is 9.69 Å². The van der Waals surface area contributed by atoms with E-state index < -0.39 is 5.97 Å². The van der Waals surface area contributed by atoms with Crippen molar-refractivity contribution in [3.05, 3.63) is 75.9 Å². The third-order valence-electron chi connectivity index (χ3n) is 4.22. The molecule has 7 heteroatoms. The molecular weight excluding hydrogens is 376 g/mol. The Balaban J connectivity index is 1.70. The van der Waals surface area contributed by atoms with Crippen molar-refractivity contribution in [3.63, 3.8) is 0 Å². The molecule has 1 aromatic carbocycles. The smallest absolute Gasteiger partial charge is 0.337 e. The summed E-state index contributed by atoms with van der Waals surface area (Å²) >= 11 is 1.65. The number of thiophene rings is 1. The van der Waals surface area contributed by atoms with Gasteiger partial charge in [-0.25, -0.2) is 4.79 Å². The van der Waals surface area contributed by atoms with Crippen LogP contribution in [-0.4, -0.2) is 30.4 Å². The number of methoxy groups -OCH3 is 1. The largest absolute Gasteiger partial charge is 0.468 e. The van der Waals surface area contributed by atoms with Gasteiger partial charge in [-0.1, -0.05) is 12.1 Å². The summed E-state index contributed by atoms with van der Waals surface area (Å²) in [6.07, 6.45) is 1.63. The third kappa shape index (κ3) is 5.31. The number of aryl methyl sites for hydroxylation is 1. The summed E-state index contributed by atoms with van der Waals surface area (Å²) in [5.41, 5.74) is 1.87. The maximum absolute atomic E-state index is 12.7. The van der Waals surface area contributed by atoms with Crippen molar-refractivity contribution in [2.75, 3.05) is 19.0 Å². The number of amides is 1. The molecule has 2 heterocycles. The monoisotopic (exact) mass is 398 g/mol. The molecule has 0 aliphatic carbocycles. The maximum atomic E-state index is 12.7. The fraction of sp³-hybridized carbons (Fsp3) is 0.238. The fourth-order valence-electron chi connectivity index (χ4n) is 2.81. The minimum atomic E-state index is -0.437. The predicted molar refractivity (Wildman–Crippen MR) is 108 cm³/mol. The van der Waals surface area contributed by atoms with Gasteiger partial charge in [-0.15, -0.1) is 11.3 Å². The topological polar surface area (TPSA) is 71.8 Å². The number of esters is 1. The number of nitrogens with zero attached hydrogens (tertiary/aromatic N) is 1. The van der Waals surface area contributed by atoms with Crippen molar-refractivity contribution < 1.29 is 18.7 Å². The van der Waals surface area contributed by atoms with Crippen molar-refractivity contribution in [2.24, 2.45) is 0 Å².